The van der Waals surface area contributed by atoms with E-state index in [1.807, 2.05) is 49.4 Å². The van der Waals surface area contributed by atoms with Crippen LogP contribution in [0.5, 0.6) is 0 Å². The molecule has 0 aliphatic heterocycles. The van der Waals surface area contributed by atoms with E-state index in [1.165, 1.54) is 11.1 Å². The van der Waals surface area contributed by atoms with Crippen LogP contribution in [0.1, 0.15) is 27.0 Å². The van der Waals surface area contributed by atoms with Gasteiger partial charge in [0.15, 0.2) is 0 Å². The lowest BCUT2D eigenvalue weighted by molar-refractivity contribution is 0.102. The molecule has 0 fully saturated rings. The zero-order valence-electron chi connectivity index (χ0n) is 14.6. The fourth-order valence-corrected chi connectivity index (χ4v) is 2.56. The maximum atomic E-state index is 12.3. The first-order valence-electron chi connectivity index (χ1n) is 8.20. The third-order valence-electron chi connectivity index (χ3n) is 4.17. The average Bonchev–Trinajstić information content (AvgIpc) is 2.60. The van der Waals surface area contributed by atoms with Gasteiger partial charge in [-0.25, -0.2) is 4.98 Å². The van der Waals surface area contributed by atoms with Gasteiger partial charge in [0.25, 0.3) is 5.91 Å². The first kappa shape index (κ1) is 16.7. The van der Waals surface area contributed by atoms with Crippen LogP contribution in [0.2, 0.25) is 0 Å². The molecule has 0 radical (unpaired) electrons. The molecule has 3 rings (SSSR count). The highest BCUT2D eigenvalue weighted by Gasteiger charge is 2.07. The van der Waals surface area contributed by atoms with E-state index >= 15 is 0 Å². The summed E-state index contributed by atoms with van der Waals surface area (Å²) in [5.41, 5.74) is 5.81. The Morgan fingerprint density at radius 3 is 2.48 bits per heavy atom. The van der Waals surface area contributed by atoms with Gasteiger partial charge in [-0.15, -0.1) is 0 Å². The average molecular weight is 331 g/mol. The number of aromatic nitrogens is 1. The molecule has 0 bridgehead atoms. The number of pyridine rings is 1. The topological polar surface area (TPSA) is 54.0 Å². The van der Waals surface area contributed by atoms with Crippen molar-refractivity contribution in [1.82, 2.24) is 4.98 Å². The molecule has 1 aromatic heterocycles. The lowest BCUT2D eigenvalue weighted by Gasteiger charge is -2.11. The summed E-state index contributed by atoms with van der Waals surface area (Å²) >= 11 is 0. The molecule has 0 spiro atoms. The zero-order valence-corrected chi connectivity index (χ0v) is 14.6. The predicted octanol–water partition coefficient (Wildman–Crippen LogP) is 5.00. The maximum absolute atomic E-state index is 12.3. The Morgan fingerprint density at radius 2 is 1.76 bits per heavy atom. The summed E-state index contributed by atoms with van der Waals surface area (Å²) in [7, 11) is 0. The van der Waals surface area contributed by atoms with Crippen molar-refractivity contribution in [2.45, 2.75) is 20.8 Å². The molecule has 1 amide bonds. The largest absolute Gasteiger partial charge is 0.340 e. The highest BCUT2D eigenvalue weighted by molar-refractivity contribution is 6.04. The van der Waals surface area contributed by atoms with Gasteiger partial charge in [-0.05, 0) is 62.2 Å². The van der Waals surface area contributed by atoms with E-state index in [9.17, 15) is 4.79 Å². The van der Waals surface area contributed by atoms with Gasteiger partial charge in [-0.2, -0.15) is 0 Å². The summed E-state index contributed by atoms with van der Waals surface area (Å²) in [4.78, 5) is 16.7. The molecule has 0 atom stereocenters. The Hall–Kier alpha value is -3.14. The summed E-state index contributed by atoms with van der Waals surface area (Å²) < 4.78 is 0. The number of anilines is 3. The lowest BCUT2D eigenvalue weighted by atomic mass is 10.1. The SMILES string of the molecule is Cc1cccc(C(=O)Nc2ccc(Nc3cccc(C)c3C)nc2)c1. The van der Waals surface area contributed by atoms with Crippen LogP contribution < -0.4 is 10.6 Å². The Balaban J connectivity index is 1.70. The minimum absolute atomic E-state index is 0.138. The molecule has 126 valence electrons. The predicted molar refractivity (Wildman–Crippen MR) is 103 cm³/mol. The molecule has 0 unspecified atom stereocenters. The van der Waals surface area contributed by atoms with E-state index in [2.05, 4.69) is 35.5 Å². The molecular weight excluding hydrogens is 310 g/mol. The van der Waals surface area contributed by atoms with Crippen molar-refractivity contribution in [3.63, 3.8) is 0 Å². The quantitative estimate of drug-likeness (QED) is 0.707. The van der Waals surface area contributed by atoms with Gasteiger partial charge in [-0.1, -0.05) is 29.8 Å². The number of amides is 1. The smallest absolute Gasteiger partial charge is 0.255 e. The van der Waals surface area contributed by atoms with Crippen LogP contribution in [0.25, 0.3) is 0 Å². The molecule has 0 saturated carbocycles. The van der Waals surface area contributed by atoms with Crippen molar-refractivity contribution in [1.29, 1.82) is 0 Å². The normalized spacial score (nSPS) is 10.4. The second-order valence-corrected chi connectivity index (χ2v) is 6.13. The number of carbonyl (C=O) groups is 1. The van der Waals surface area contributed by atoms with Crippen molar-refractivity contribution < 1.29 is 4.79 Å². The van der Waals surface area contributed by atoms with Gasteiger partial charge in [0.05, 0.1) is 11.9 Å². The van der Waals surface area contributed by atoms with Crippen LogP contribution in [-0.4, -0.2) is 10.9 Å². The van der Waals surface area contributed by atoms with Gasteiger partial charge in [0, 0.05) is 11.3 Å². The number of rotatable bonds is 4. The minimum atomic E-state index is -0.138. The van der Waals surface area contributed by atoms with E-state index in [4.69, 9.17) is 0 Å². The summed E-state index contributed by atoms with van der Waals surface area (Å²) in [5.74, 6) is 0.600. The van der Waals surface area contributed by atoms with Gasteiger partial charge in [-0.3, -0.25) is 4.79 Å². The molecule has 3 aromatic rings. The van der Waals surface area contributed by atoms with Crippen LogP contribution in [0, 0.1) is 20.8 Å². The third-order valence-corrected chi connectivity index (χ3v) is 4.17. The Bertz CT molecular complexity index is 901. The number of nitrogens with zero attached hydrogens (tertiary/aromatic N) is 1. The van der Waals surface area contributed by atoms with Crippen LogP contribution in [0.15, 0.2) is 60.8 Å². The van der Waals surface area contributed by atoms with Gasteiger partial charge < -0.3 is 10.6 Å². The molecular formula is C21H21N3O. The number of aryl methyl sites for hydroxylation is 2. The fourth-order valence-electron chi connectivity index (χ4n) is 2.56. The molecule has 2 N–H and O–H groups in total. The van der Waals surface area contributed by atoms with Crippen molar-refractivity contribution in [2.75, 3.05) is 10.6 Å². The fraction of sp³-hybridized carbons (Fsp3) is 0.143. The second-order valence-electron chi connectivity index (χ2n) is 6.13. The van der Waals surface area contributed by atoms with E-state index in [0.717, 1.165) is 17.1 Å². The molecule has 4 heteroatoms. The van der Waals surface area contributed by atoms with Gasteiger partial charge in [0.1, 0.15) is 5.82 Å². The molecule has 0 aliphatic carbocycles. The molecule has 4 nitrogen and oxygen atoms in total. The van der Waals surface area contributed by atoms with E-state index < -0.39 is 0 Å². The number of benzene rings is 2. The van der Waals surface area contributed by atoms with Crippen LogP contribution in [0.3, 0.4) is 0 Å². The lowest BCUT2D eigenvalue weighted by Crippen LogP contribution is -2.12. The van der Waals surface area contributed by atoms with E-state index in [1.54, 1.807) is 12.3 Å². The summed E-state index contributed by atoms with van der Waals surface area (Å²) in [5, 5.41) is 6.18. The molecule has 25 heavy (non-hydrogen) atoms. The van der Waals surface area contributed by atoms with Gasteiger partial charge >= 0.3 is 0 Å². The van der Waals surface area contributed by atoms with Crippen molar-refractivity contribution in [3.8, 4) is 0 Å². The monoisotopic (exact) mass is 331 g/mol. The maximum Gasteiger partial charge on any atom is 0.255 e. The van der Waals surface area contributed by atoms with Crippen molar-refractivity contribution in [2.24, 2.45) is 0 Å². The summed E-state index contributed by atoms with van der Waals surface area (Å²) in [6, 6.07) is 17.3. The minimum Gasteiger partial charge on any atom is -0.340 e. The zero-order chi connectivity index (χ0) is 17.8. The highest BCUT2D eigenvalue weighted by Crippen LogP contribution is 2.22. The van der Waals surface area contributed by atoms with Crippen LogP contribution in [0.4, 0.5) is 17.2 Å². The first-order chi connectivity index (χ1) is 12.0. The van der Waals surface area contributed by atoms with Gasteiger partial charge in [0.2, 0.25) is 0 Å². The molecule has 1 heterocycles. The van der Waals surface area contributed by atoms with E-state index in [-0.39, 0.29) is 5.91 Å². The Kier molecular flexibility index (Phi) is 4.80. The van der Waals surface area contributed by atoms with Crippen LogP contribution >= 0.6 is 0 Å². The Labute approximate surface area is 147 Å². The van der Waals surface area contributed by atoms with Crippen molar-refractivity contribution in [3.05, 3.63) is 83.0 Å². The first-order valence-corrected chi connectivity index (χ1v) is 8.20. The number of hydrogen-bond acceptors (Lipinski definition) is 3. The second kappa shape index (κ2) is 7.18. The van der Waals surface area contributed by atoms with Crippen LogP contribution in [-0.2, 0) is 0 Å². The Morgan fingerprint density at radius 1 is 0.960 bits per heavy atom. The van der Waals surface area contributed by atoms with Crippen molar-refractivity contribution >= 4 is 23.1 Å². The van der Waals surface area contributed by atoms with E-state index in [0.29, 0.717) is 11.3 Å². The molecule has 2 aromatic carbocycles. The summed E-state index contributed by atoms with van der Waals surface area (Å²) in [6.07, 6.45) is 1.65. The standard InChI is InChI=1S/C21H21N3O/c1-14-6-4-8-17(12-14)21(25)23-18-10-11-20(22-13-18)24-19-9-5-7-15(2)16(19)3/h4-13H,1-3H3,(H,22,24)(H,23,25). The summed E-state index contributed by atoms with van der Waals surface area (Å²) in [6.45, 7) is 6.12. The molecule has 0 saturated heterocycles. The highest BCUT2D eigenvalue weighted by atomic mass is 16.1. The molecule has 0 aliphatic rings. The number of nitrogens with one attached hydrogen (secondary N) is 2. The number of carbonyl (C=O) groups excluding carboxylic acids is 1. The third kappa shape index (κ3) is 4.04. The number of hydrogen-bond donors (Lipinski definition) is 2.